The largest absolute Gasteiger partial charge is 0.490 e. The number of hydrogen-bond acceptors (Lipinski definition) is 2. The fraction of sp³-hybridized carbons (Fsp3) is 0.300. The normalized spacial score (nSPS) is 19.0. The molecule has 2 rings (SSSR count). The van der Waals surface area contributed by atoms with E-state index in [0.717, 1.165) is 17.9 Å². The van der Waals surface area contributed by atoms with Crippen LogP contribution in [0.25, 0.3) is 0 Å². The van der Waals surface area contributed by atoms with Crippen molar-refractivity contribution in [3.63, 3.8) is 0 Å². The lowest BCUT2D eigenvalue weighted by Gasteiger charge is -2.02. The first kappa shape index (κ1) is 8.10. The van der Waals surface area contributed by atoms with Crippen LogP contribution in [-0.4, -0.2) is 12.5 Å². The van der Waals surface area contributed by atoms with E-state index in [1.807, 2.05) is 25.1 Å². The highest BCUT2D eigenvalue weighted by molar-refractivity contribution is 5.72. The van der Waals surface area contributed by atoms with Gasteiger partial charge in [-0.15, -0.1) is 0 Å². The van der Waals surface area contributed by atoms with Crippen LogP contribution < -0.4 is 10.1 Å². The van der Waals surface area contributed by atoms with E-state index in [-0.39, 0.29) is 6.10 Å². The molecule has 0 aliphatic carbocycles. The third-order valence-corrected chi connectivity index (χ3v) is 2.12. The zero-order chi connectivity index (χ0) is 9.26. The zero-order valence-electron chi connectivity index (χ0n) is 7.41. The van der Waals surface area contributed by atoms with Crippen molar-refractivity contribution in [3.05, 3.63) is 23.8 Å². The van der Waals surface area contributed by atoms with E-state index < -0.39 is 0 Å². The predicted molar refractivity (Wildman–Crippen MR) is 49.9 cm³/mol. The molecule has 0 fully saturated rings. The first-order valence-corrected chi connectivity index (χ1v) is 4.29. The Balaban J connectivity index is 2.29. The molecule has 1 aliphatic heterocycles. The molecule has 1 amide bonds. The van der Waals surface area contributed by atoms with Crippen LogP contribution in [0.3, 0.4) is 0 Å². The first-order chi connectivity index (χ1) is 6.29. The molecule has 3 heteroatoms. The molecule has 0 aromatic heterocycles. The topological polar surface area (TPSA) is 38.3 Å². The molecule has 1 N–H and O–H groups in total. The highest BCUT2D eigenvalue weighted by Gasteiger charge is 2.18. The lowest BCUT2D eigenvalue weighted by atomic mass is 10.1. The third-order valence-electron chi connectivity index (χ3n) is 2.12. The van der Waals surface area contributed by atoms with Gasteiger partial charge < -0.3 is 10.1 Å². The van der Waals surface area contributed by atoms with E-state index >= 15 is 0 Å². The number of nitrogens with one attached hydrogen (secondary N) is 1. The van der Waals surface area contributed by atoms with Crippen LogP contribution >= 0.6 is 0 Å². The summed E-state index contributed by atoms with van der Waals surface area (Å²) in [5, 5.41) is 2.62. The molecule has 1 heterocycles. The van der Waals surface area contributed by atoms with Gasteiger partial charge >= 0.3 is 0 Å². The van der Waals surface area contributed by atoms with Crippen molar-refractivity contribution < 1.29 is 9.53 Å². The van der Waals surface area contributed by atoms with Crippen LogP contribution in [0.15, 0.2) is 18.2 Å². The molecule has 0 saturated carbocycles. The van der Waals surface area contributed by atoms with Gasteiger partial charge in [0.15, 0.2) is 0 Å². The van der Waals surface area contributed by atoms with Gasteiger partial charge in [0.2, 0.25) is 6.41 Å². The lowest BCUT2D eigenvalue weighted by Crippen LogP contribution is -2.05. The minimum absolute atomic E-state index is 0.251. The Hall–Kier alpha value is -1.51. The average molecular weight is 177 g/mol. The molecule has 68 valence electrons. The summed E-state index contributed by atoms with van der Waals surface area (Å²) in [4.78, 5) is 10.2. The first-order valence-electron chi connectivity index (χ1n) is 4.29. The number of hydrogen-bond donors (Lipinski definition) is 1. The maximum atomic E-state index is 10.2. The van der Waals surface area contributed by atoms with E-state index in [9.17, 15) is 4.79 Å². The number of anilines is 1. The summed E-state index contributed by atoms with van der Waals surface area (Å²) in [7, 11) is 0. The van der Waals surface area contributed by atoms with Crippen molar-refractivity contribution in [1.29, 1.82) is 0 Å². The molecule has 1 aromatic carbocycles. The predicted octanol–water partition coefficient (Wildman–Crippen LogP) is 1.58. The third kappa shape index (κ3) is 1.49. The van der Waals surface area contributed by atoms with Gasteiger partial charge in [0.25, 0.3) is 0 Å². The molecule has 0 spiro atoms. The second kappa shape index (κ2) is 3.09. The van der Waals surface area contributed by atoms with Gasteiger partial charge in [0.05, 0.1) is 0 Å². The molecule has 1 atom stereocenters. The standard InChI is InChI=1S/C10H11NO2/c1-7-4-8-5-9(11-6-12)2-3-10(8)13-7/h2-3,5-7H,4H2,1H3,(H,11,12). The van der Waals surface area contributed by atoms with E-state index in [0.29, 0.717) is 6.41 Å². The van der Waals surface area contributed by atoms with Crippen LogP contribution in [0, 0.1) is 0 Å². The van der Waals surface area contributed by atoms with Gasteiger partial charge in [-0.25, -0.2) is 0 Å². The molecule has 13 heavy (non-hydrogen) atoms. The smallest absolute Gasteiger partial charge is 0.211 e. The lowest BCUT2D eigenvalue weighted by molar-refractivity contribution is -0.105. The Labute approximate surface area is 76.7 Å². The highest BCUT2D eigenvalue weighted by Crippen LogP contribution is 2.30. The number of ether oxygens (including phenoxy) is 1. The zero-order valence-corrected chi connectivity index (χ0v) is 7.41. The van der Waals surface area contributed by atoms with Gasteiger partial charge in [-0.3, -0.25) is 4.79 Å². The number of amides is 1. The molecule has 1 aliphatic rings. The summed E-state index contributed by atoms with van der Waals surface area (Å²) >= 11 is 0. The monoisotopic (exact) mass is 177 g/mol. The Morgan fingerprint density at radius 1 is 1.62 bits per heavy atom. The van der Waals surface area contributed by atoms with Crippen LogP contribution in [0.2, 0.25) is 0 Å². The number of fused-ring (bicyclic) bond motifs is 1. The van der Waals surface area contributed by atoms with Crippen molar-refractivity contribution in [3.8, 4) is 5.75 Å². The molecule has 3 nitrogen and oxygen atoms in total. The van der Waals surface area contributed by atoms with Crippen LogP contribution in [0.5, 0.6) is 5.75 Å². The Morgan fingerprint density at radius 3 is 3.23 bits per heavy atom. The van der Waals surface area contributed by atoms with E-state index in [4.69, 9.17) is 4.74 Å². The summed E-state index contributed by atoms with van der Waals surface area (Å²) in [6, 6.07) is 5.68. The minimum atomic E-state index is 0.251. The number of carbonyl (C=O) groups excluding carboxylic acids is 1. The average Bonchev–Trinajstić information content (AvgIpc) is 2.44. The highest BCUT2D eigenvalue weighted by atomic mass is 16.5. The van der Waals surface area contributed by atoms with Crippen LogP contribution in [0.4, 0.5) is 5.69 Å². The Bertz CT molecular complexity index is 336. The van der Waals surface area contributed by atoms with Crippen molar-refractivity contribution in [2.45, 2.75) is 19.4 Å². The molecular formula is C10H11NO2. The molecular weight excluding hydrogens is 166 g/mol. The van der Waals surface area contributed by atoms with Crippen LogP contribution in [0.1, 0.15) is 12.5 Å². The maximum Gasteiger partial charge on any atom is 0.211 e. The van der Waals surface area contributed by atoms with Crippen molar-refractivity contribution in [2.75, 3.05) is 5.32 Å². The van der Waals surface area contributed by atoms with Gasteiger partial charge in [-0.1, -0.05) is 0 Å². The molecule has 0 saturated heterocycles. The number of rotatable bonds is 2. The Morgan fingerprint density at radius 2 is 2.46 bits per heavy atom. The SMILES string of the molecule is CC1Cc2cc(NC=O)ccc2O1. The van der Waals surface area contributed by atoms with Gasteiger partial charge in [0, 0.05) is 12.1 Å². The second-order valence-corrected chi connectivity index (χ2v) is 3.22. The van der Waals surface area contributed by atoms with E-state index in [2.05, 4.69) is 5.32 Å². The van der Waals surface area contributed by atoms with Gasteiger partial charge in [-0.2, -0.15) is 0 Å². The van der Waals surface area contributed by atoms with Gasteiger partial charge in [0.1, 0.15) is 11.9 Å². The molecule has 1 unspecified atom stereocenters. The van der Waals surface area contributed by atoms with Crippen molar-refractivity contribution in [2.24, 2.45) is 0 Å². The van der Waals surface area contributed by atoms with E-state index in [1.165, 1.54) is 5.56 Å². The fourth-order valence-corrected chi connectivity index (χ4v) is 1.58. The Kier molecular flexibility index (Phi) is 1.93. The quantitative estimate of drug-likeness (QED) is 0.696. The molecule has 0 bridgehead atoms. The molecule has 0 radical (unpaired) electrons. The fourth-order valence-electron chi connectivity index (χ4n) is 1.58. The van der Waals surface area contributed by atoms with Crippen LogP contribution in [-0.2, 0) is 11.2 Å². The summed E-state index contributed by atoms with van der Waals surface area (Å²) in [6.45, 7) is 2.03. The minimum Gasteiger partial charge on any atom is -0.490 e. The second-order valence-electron chi connectivity index (χ2n) is 3.22. The summed E-state index contributed by atoms with van der Waals surface area (Å²) in [5.74, 6) is 0.934. The molecule has 1 aromatic rings. The maximum absolute atomic E-state index is 10.2. The number of carbonyl (C=O) groups is 1. The summed E-state index contributed by atoms with van der Waals surface area (Å²) in [5.41, 5.74) is 1.99. The van der Waals surface area contributed by atoms with Crippen molar-refractivity contribution in [1.82, 2.24) is 0 Å². The number of benzene rings is 1. The van der Waals surface area contributed by atoms with Crippen molar-refractivity contribution >= 4 is 12.1 Å². The summed E-state index contributed by atoms with van der Waals surface area (Å²) < 4.78 is 5.52. The van der Waals surface area contributed by atoms with E-state index in [1.54, 1.807) is 0 Å². The van der Waals surface area contributed by atoms with Gasteiger partial charge in [-0.05, 0) is 30.7 Å². The summed E-state index contributed by atoms with van der Waals surface area (Å²) in [6.07, 6.45) is 1.85.